The van der Waals surface area contributed by atoms with Gasteiger partial charge in [0, 0.05) is 19.3 Å². The number of nitrogen functional groups attached to an aromatic ring is 1. The molecule has 0 aliphatic rings. The smallest absolute Gasteiger partial charge is 0.384 e. The number of nitrogens with zero attached hydrogens (tertiary/aromatic N) is 3. The summed E-state index contributed by atoms with van der Waals surface area (Å²) in [7, 11) is 1.69. The average molecular weight is 257 g/mol. The van der Waals surface area contributed by atoms with Gasteiger partial charge in [0.05, 0.1) is 5.56 Å². The molecule has 96 valence electrons. The van der Waals surface area contributed by atoms with Gasteiger partial charge in [-0.15, -0.1) is 0 Å². The van der Waals surface area contributed by atoms with E-state index in [1.807, 2.05) is 0 Å². The van der Waals surface area contributed by atoms with E-state index < -0.39 is 11.7 Å². The lowest BCUT2D eigenvalue weighted by Crippen LogP contribution is -2.08. The summed E-state index contributed by atoms with van der Waals surface area (Å²) in [6.45, 7) is 0. The first-order chi connectivity index (χ1) is 8.34. The van der Waals surface area contributed by atoms with Gasteiger partial charge in [-0.05, 0) is 12.1 Å². The summed E-state index contributed by atoms with van der Waals surface area (Å²) in [5.74, 6) is 0.188. The Bertz CT molecular complexity index is 561. The van der Waals surface area contributed by atoms with Gasteiger partial charge in [-0.25, -0.2) is 4.98 Å². The summed E-state index contributed by atoms with van der Waals surface area (Å²) in [6.07, 6.45) is -2.81. The van der Waals surface area contributed by atoms with E-state index in [1.54, 1.807) is 19.3 Å². The van der Waals surface area contributed by atoms with Crippen LogP contribution in [0.15, 0.2) is 24.4 Å². The van der Waals surface area contributed by atoms with Crippen LogP contribution in [0.4, 0.5) is 30.6 Å². The molecule has 2 aromatic rings. The maximum absolute atomic E-state index is 12.6. The molecule has 0 atom stereocenters. The molecule has 2 aromatic heterocycles. The first-order valence-electron chi connectivity index (χ1n) is 4.96. The maximum atomic E-state index is 12.6. The molecule has 0 aliphatic carbocycles. The number of halogens is 3. The lowest BCUT2D eigenvalue weighted by molar-refractivity contribution is -0.137. The number of nitrogens with two attached hydrogens (primary N) is 1. The quantitative estimate of drug-likeness (QED) is 0.865. The highest BCUT2D eigenvalue weighted by Crippen LogP contribution is 2.31. The lowest BCUT2D eigenvalue weighted by Gasteiger charge is -2.09. The van der Waals surface area contributed by atoms with Gasteiger partial charge in [-0.3, -0.25) is 4.68 Å². The van der Waals surface area contributed by atoms with Crippen LogP contribution in [0.25, 0.3) is 0 Å². The number of hydrogen-bond acceptors (Lipinski definition) is 4. The molecule has 0 bridgehead atoms. The molecule has 2 heterocycles. The number of anilines is 3. The highest BCUT2D eigenvalue weighted by molar-refractivity contribution is 5.55. The number of hydrogen-bond donors (Lipinski definition) is 2. The van der Waals surface area contributed by atoms with Crippen molar-refractivity contribution in [3.05, 3.63) is 30.0 Å². The molecule has 0 aromatic carbocycles. The van der Waals surface area contributed by atoms with Gasteiger partial charge >= 0.3 is 6.18 Å². The first kappa shape index (κ1) is 12.2. The fourth-order valence-electron chi connectivity index (χ4n) is 1.39. The normalized spacial score (nSPS) is 11.6. The molecule has 2 rings (SSSR count). The monoisotopic (exact) mass is 257 g/mol. The number of nitrogens with one attached hydrogen (secondary N) is 1. The number of aromatic nitrogens is 3. The number of alkyl halides is 3. The molecule has 0 amide bonds. The van der Waals surface area contributed by atoms with Crippen LogP contribution < -0.4 is 11.1 Å². The Morgan fingerprint density at radius 2 is 2.00 bits per heavy atom. The van der Waals surface area contributed by atoms with E-state index in [1.165, 1.54) is 4.68 Å². The molecule has 0 unspecified atom stereocenters. The summed E-state index contributed by atoms with van der Waals surface area (Å²) in [6, 6.07) is 3.27. The van der Waals surface area contributed by atoms with Crippen LogP contribution >= 0.6 is 0 Å². The third-order valence-electron chi connectivity index (χ3n) is 2.14. The molecule has 0 saturated heterocycles. The molecule has 3 N–H and O–H groups in total. The molecule has 0 aliphatic heterocycles. The molecular formula is C10H10F3N5. The highest BCUT2D eigenvalue weighted by Gasteiger charge is 2.31. The van der Waals surface area contributed by atoms with Crippen molar-refractivity contribution in [2.45, 2.75) is 6.18 Å². The van der Waals surface area contributed by atoms with E-state index in [0.29, 0.717) is 5.82 Å². The fraction of sp³-hybridized carbons (Fsp3) is 0.200. The van der Waals surface area contributed by atoms with Crippen molar-refractivity contribution in [3.8, 4) is 0 Å². The fourth-order valence-corrected chi connectivity index (χ4v) is 1.39. The van der Waals surface area contributed by atoms with Crippen molar-refractivity contribution < 1.29 is 13.2 Å². The van der Waals surface area contributed by atoms with Crippen molar-refractivity contribution in [2.75, 3.05) is 11.1 Å². The first-order valence-corrected chi connectivity index (χ1v) is 4.96. The second-order valence-electron chi connectivity index (χ2n) is 3.66. The van der Waals surface area contributed by atoms with Crippen LogP contribution in [0.2, 0.25) is 0 Å². The van der Waals surface area contributed by atoms with Crippen LogP contribution in [0, 0.1) is 0 Å². The van der Waals surface area contributed by atoms with Crippen molar-refractivity contribution in [1.82, 2.24) is 14.8 Å². The van der Waals surface area contributed by atoms with Gasteiger partial charge in [0.15, 0.2) is 5.82 Å². The van der Waals surface area contributed by atoms with Crippen LogP contribution in [0.1, 0.15) is 5.56 Å². The minimum absolute atomic E-state index is 0.000949. The third-order valence-corrected chi connectivity index (χ3v) is 2.14. The maximum Gasteiger partial charge on any atom is 0.416 e. The Morgan fingerprint density at radius 1 is 1.28 bits per heavy atom. The van der Waals surface area contributed by atoms with E-state index in [0.717, 1.165) is 12.1 Å². The molecule has 0 saturated carbocycles. The topological polar surface area (TPSA) is 68.8 Å². The predicted molar refractivity (Wildman–Crippen MR) is 60.1 cm³/mol. The zero-order valence-electron chi connectivity index (χ0n) is 9.36. The average Bonchev–Trinajstić information content (AvgIpc) is 2.61. The third kappa shape index (κ3) is 2.70. The number of rotatable bonds is 2. The van der Waals surface area contributed by atoms with Crippen LogP contribution in [-0.2, 0) is 13.2 Å². The van der Waals surface area contributed by atoms with E-state index >= 15 is 0 Å². The van der Waals surface area contributed by atoms with Gasteiger partial charge in [0.25, 0.3) is 0 Å². The van der Waals surface area contributed by atoms with Gasteiger partial charge in [0.1, 0.15) is 11.6 Å². The number of pyridine rings is 1. The molecule has 5 nitrogen and oxygen atoms in total. The minimum Gasteiger partial charge on any atom is -0.384 e. The zero-order chi connectivity index (χ0) is 13.3. The molecule has 18 heavy (non-hydrogen) atoms. The summed E-state index contributed by atoms with van der Waals surface area (Å²) >= 11 is 0. The van der Waals surface area contributed by atoms with Crippen molar-refractivity contribution >= 4 is 17.5 Å². The SMILES string of the molecule is Cn1ccc(Nc2cc(C(F)(F)F)cc(N)n2)n1. The summed E-state index contributed by atoms with van der Waals surface area (Å²) in [4.78, 5) is 3.77. The molecule has 0 radical (unpaired) electrons. The summed E-state index contributed by atoms with van der Waals surface area (Å²) in [5.41, 5.74) is 4.48. The molecule has 8 heteroatoms. The molecule has 0 fully saturated rings. The van der Waals surface area contributed by atoms with Crippen LogP contribution in [-0.4, -0.2) is 14.8 Å². The second kappa shape index (κ2) is 4.21. The largest absolute Gasteiger partial charge is 0.416 e. The van der Waals surface area contributed by atoms with Crippen LogP contribution in [0.3, 0.4) is 0 Å². The minimum atomic E-state index is -4.46. The van der Waals surface area contributed by atoms with E-state index in [4.69, 9.17) is 5.73 Å². The van der Waals surface area contributed by atoms with Crippen LogP contribution in [0.5, 0.6) is 0 Å². The van der Waals surface area contributed by atoms with Gasteiger partial charge < -0.3 is 11.1 Å². The Kier molecular flexibility index (Phi) is 2.85. The molecular weight excluding hydrogens is 247 g/mol. The van der Waals surface area contributed by atoms with E-state index in [9.17, 15) is 13.2 Å². The Hall–Kier alpha value is -2.25. The summed E-state index contributed by atoms with van der Waals surface area (Å²) < 4.78 is 39.2. The van der Waals surface area contributed by atoms with Gasteiger partial charge in [-0.2, -0.15) is 18.3 Å². The van der Waals surface area contributed by atoms with Gasteiger partial charge in [0.2, 0.25) is 0 Å². The summed E-state index contributed by atoms with van der Waals surface area (Å²) in [5, 5.41) is 6.63. The van der Waals surface area contributed by atoms with Crippen molar-refractivity contribution in [2.24, 2.45) is 7.05 Å². The zero-order valence-corrected chi connectivity index (χ0v) is 9.36. The Morgan fingerprint density at radius 3 is 2.56 bits per heavy atom. The Labute approximate surface area is 100 Å². The lowest BCUT2D eigenvalue weighted by atomic mass is 10.2. The highest BCUT2D eigenvalue weighted by atomic mass is 19.4. The predicted octanol–water partition coefficient (Wildman–Crippen LogP) is 2.16. The molecule has 0 spiro atoms. The van der Waals surface area contributed by atoms with E-state index in [-0.39, 0.29) is 11.6 Å². The Balaban J connectivity index is 2.31. The van der Waals surface area contributed by atoms with Gasteiger partial charge in [-0.1, -0.05) is 0 Å². The van der Waals surface area contributed by atoms with E-state index in [2.05, 4.69) is 15.4 Å². The van der Waals surface area contributed by atoms with Crippen molar-refractivity contribution in [3.63, 3.8) is 0 Å². The van der Waals surface area contributed by atoms with Crippen molar-refractivity contribution in [1.29, 1.82) is 0 Å². The standard InChI is InChI=1S/C10H10F3N5/c1-18-3-2-8(17-18)16-9-5-6(10(11,12)13)4-7(14)15-9/h2-5H,1H3,(H3,14,15,16,17). The number of aryl methyl sites for hydroxylation is 1. The second-order valence-corrected chi connectivity index (χ2v) is 3.66.